The van der Waals surface area contributed by atoms with Crippen molar-refractivity contribution in [3.05, 3.63) is 48.8 Å². The molecule has 0 amide bonds. The number of halogens is 2. The number of β-amino-alcohol motifs (C(OH)–C–C–N with tert-alkyl or cyclic N) is 1. The Morgan fingerprint density at radius 3 is 2.68 bits per heavy atom. The van der Waals surface area contributed by atoms with Crippen LogP contribution < -0.4 is 10.1 Å². The van der Waals surface area contributed by atoms with Gasteiger partial charge in [0.25, 0.3) is 0 Å². The van der Waals surface area contributed by atoms with Gasteiger partial charge in [0, 0.05) is 25.5 Å². The van der Waals surface area contributed by atoms with E-state index < -0.39 is 6.10 Å². The molecule has 0 saturated carbocycles. The third kappa shape index (κ3) is 3.33. The Hall–Kier alpha value is -1.79. The van der Waals surface area contributed by atoms with Crippen LogP contribution in [0.25, 0.3) is 22.2 Å². The minimum absolute atomic E-state index is 0. The third-order valence-electron chi connectivity index (χ3n) is 4.51. The standard InChI is InChI=1S/C18H19N3O2.2ClH/c1-23-16-7-6-12-4-2-3-5-13(12)17(16)18-20-8-9-21(18)14-10-19-11-15(14)22;;/h2-9,14-15,19,22H,10-11H2,1H3;2*1H/t14-,15-;;/m0../s1. The molecule has 2 atom stereocenters. The van der Waals surface area contributed by atoms with Crippen molar-refractivity contribution in [3.8, 4) is 17.1 Å². The number of nitrogens with zero attached hydrogens (tertiary/aromatic N) is 2. The fourth-order valence-corrected chi connectivity index (χ4v) is 3.36. The van der Waals surface area contributed by atoms with Crippen molar-refractivity contribution >= 4 is 35.6 Å². The van der Waals surface area contributed by atoms with Crippen LogP contribution in [0.1, 0.15) is 6.04 Å². The van der Waals surface area contributed by atoms with Crippen molar-refractivity contribution in [1.82, 2.24) is 14.9 Å². The molecule has 2 aromatic carbocycles. The Bertz CT molecular complexity index is 853. The van der Waals surface area contributed by atoms with E-state index in [1.165, 1.54) is 0 Å². The molecule has 134 valence electrons. The maximum absolute atomic E-state index is 10.2. The van der Waals surface area contributed by atoms with Crippen molar-refractivity contribution in [2.45, 2.75) is 12.1 Å². The molecule has 1 saturated heterocycles. The number of aliphatic hydroxyl groups excluding tert-OH is 1. The van der Waals surface area contributed by atoms with Gasteiger partial charge in [0.15, 0.2) is 0 Å². The van der Waals surface area contributed by atoms with Crippen LogP contribution in [0.15, 0.2) is 48.8 Å². The zero-order valence-corrected chi connectivity index (χ0v) is 15.4. The number of fused-ring (bicyclic) bond motifs is 1. The summed E-state index contributed by atoms with van der Waals surface area (Å²) in [5, 5.41) is 15.7. The minimum atomic E-state index is -0.413. The van der Waals surface area contributed by atoms with Crippen molar-refractivity contribution < 1.29 is 9.84 Å². The van der Waals surface area contributed by atoms with E-state index in [2.05, 4.69) is 33.1 Å². The van der Waals surface area contributed by atoms with Crippen molar-refractivity contribution in [2.75, 3.05) is 20.2 Å². The van der Waals surface area contributed by atoms with E-state index >= 15 is 0 Å². The normalized spacial score (nSPS) is 19.3. The number of ether oxygens (including phenoxy) is 1. The average Bonchev–Trinajstić information content (AvgIpc) is 3.22. The zero-order valence-electron chi connectivity index (χ0n) is 13.8. The number of hydrogen-bond acceptors (Lipinski definition) is 4. The second-order valence-corrected chi connectivity index (χ2v) is 5.82. The number of aliphatic hydroxyl groups is 1. The van der Waals surface area contributed by atoms with Crippen LogP contribution in [0.3, 0.4) is 0 Å². The van der Waals surface area contributed by atoms with Crippen LogP contribution in [0.2, 0.25) is 0 Å². The fraction of sp³-hybridized carbons (Fsp3) is 0.278. The van der Waals surface area contributed by atoms with E-state index in [-0.39, 0.29) is 30.9 Å². The lowest BCUT2D eigenvalue weighted by Gasteiger charge is -2.20. The van der Waals surface area contributed by atoms with Gasteiger partial charge in [-0.25, -0.2) is 4.98 Å². The quantitative estimate of drug-likeness (QED) is 0.731. The SMILES string of the molecule is COc1ccc2ccccc2c1-c1nccn1[C@H]1CNC[C@@H]1O.Cl.Cl. The van der Waals surface area contributed by atoms with Gasteiger partial charge in [0.1, 0.15) is 11.6 Å². The summed E-state index contributed by atoms with van der Waals surface area (Å²) in [4.78, 5) is 4.57. The number of rotatable bonds is 3. The summed E-state index contributed by atoms with van der Waals surface area (Å²) in [5.74, 6) is 1.61. The van der Waals surface area contributed by atoms with E-state index in [1.54, 1.807) is 13.3 Å². The van der Waals surface area contributed by atoms with Gasteiger partial charge >= 0.3 is 0 Å². The topological polar surface area (TPSA) is 59.3 Å². The number of imidazole rings is 1. The number of aromatic nitrogens is 2. The van der Waals surface area contributed by atoms with Crippen molar-refractivity contribution in [3.63, 3.8) is 0 Å². The molecule has 1 aliphatic rings. The lowest BCUT2D eigenvalue weighted by atomic mass is 10.0. The molecular formula is C18H21Cl2N3O2. The summed E-state index contributed by atoms with van der Waals surface area (Å²) in [6.07, 6.45) is 3.29. The maximum atomic E-state index is 10.2. The number of methoxy groups -OCH3 is 1. The fourth-order valence-electron chi connectivity index (χ4n) is 3.36. The summed E-state index contributed by atoms with van der Waals surface area (Å²) in [5.41, 5.74) is 0.967. The molecule has 5 nitrogen and oxygen atoms in total. The van der Waals surface area contributed by atoms with Crippen molar-refractivity contribution in [2.24, 2.45) is 0 Å². The second-order valence-electron chi connectivity index (χ2n) is 5.82. The third-order valence-corrected chi connectivity index (χ3v) is 4.51. The molecule has 7 heteroatoms. The van der Waals surface area contributed by atoms with Gasteiger partial charge in [0.2, 0.25) is 0 Å². The monoisotopic (exact) mass is 381 g/mol. The first kappa shape index (κ1) is 19.5. The van der Waals surface area contributed by atoms with Crippen LogP contribution in [0.4, 0.5) is 0 Å². The van der Waals surface area contributed by atoms with Crippen LogP contribution in [-0.2, 0) is 0 Å². The molecule has 0 bridgehead atoms. The van der Waals surface area contributed by atoms with Crippen LogP contribution >= 0.6 is 24.8 Å². The summed E-state index contributed by atoms with van der Waals surface area (Å²) >= 11 is 0. The predicted molar refractivity (Wildman–Crippen MR) is 104 cm³/mol. The van der Waals surface area contributed by atoms with E-state index in [9.17, 15) is 5.11 Å². The maximum Gasteiger partial charge on any atom is 0.144 e. The smallest absolute Gasteiger partial charge is 0.144 e. The first-order chi connectivity index (χ1) is 11.3. The summed E-state index contributed by atoms with van der Waals surface area (Å²) in [6, 6.07) is 12.2. The Kier molecular flexibility index (Phi) is 6.30. The van der Waals surface area contributed by atoms with Gasteiger partial charge in [-0.1, -0.05) is 30.3 Å². The van der Waals surface area contributed by atoms with E-state index in [1.807, 2.05) is 24.4 Å². The highest BCUT2D eigenvalue weighted by Gasteiger charge is 2.29. The molecule has 1 fully saturated rings. The van der Waals surface area contributed by atoms with Gasteiger partial charge in [-0.15, -0.1) is 24.8 Å². The zero-order chi connectivity index (χ0) is 15.8. The molecule has 0 radical (unpaired) electrons. The van der Waals surface area contributed by atoms with Crippen LogP contribution in [-0.4, -0.2) is 41.0 Å². The lowest BCUT2D eigenvalue weighted by molar-refractivity contribution is 0.151. The molecule has 3 aromatic rings. The summed E-state index contributed by atoms with van der Waals surface area (Å²) < 4.78 is 7.64. The van der Waals surface area contributed by atoms with Gasteiger partial charge in [-0.05, 0) is 16.8 Å². The Morgan fingerprint density at radius 2 is 1.96 bits per heavy atom. The summed E-state index contributed by atoms with van der Waals surface area (Å²) in [6.45, 7) is 1.34. The van der Waals surface area contributed by atoms with Crippen LogP contribution in [0.5, 0.6) is 5.75 Å². The predicted octanol–water partition coefficient (Wildman–Crippen LogP) is 3.06. The molecule has 0 aliphatic carbocycles. The minimum Gasteiger partial charge on any atom is -0.496 e. The Morgan fingerprint density at radius 1 is 1.16 bits per heavy atom. The largest absolute Gasteiger partial charge is 0.496 e. The lowest BCUT2D eigenvalue weighted by Crippen LogP contribution is -2.22. The van der Waals surface area contributed by atoms with E-state index in [0.29, 0.717) is 6.54 Å². The first-order valence-corrected chi connectivity index (χ1v) is 7.77. The number of hydrogen-bond donors (Lipinski definition) is 2. The van der Waals surface area contributed by atoms with E-state index in [0.717, 1.165) is 34.5 Å². The summed E-state index contributed by atoms with van der Waals surface area (Å²) in [7, 11) is 1.67. The molecule has 1 aromatic heterocycles. The molecule has 25 heavy (non-hydrogen) atoms. The molecule has 2 N–H and O–H groups in total. The van der Waals surface area contributed by atoms with Gasteiger partial charge < -0.3 is 19.7 Å². The van der Waals surface area contributed by atoms with E-state index in [4.69, 9.17) is 4.74 Å². The molecule has 0 unspecified atom stereocenters. The van der Waals surface area contributed by atoms with Gasteiger partial charge in [0.05, 0.1) is 24.8 Å². The first-order valence-electron chi connectivity index (χ1n) is 7.77. The highest BCUT2D eigenvalue weighted by atomic mass is 35.5. The van der Waals surface area contributed by atoms with Gasteiger partial charge in [-0.2, -0.15) is 0 Å². The van der Waals surface area contributed by atoms with Crippen LogP contribution in [0, 0.1) is 0 Å². The average molecular weight is 382 g/mol. The Labute approximate surface area is 158 Å². The molecular weight excluding hydrogens is 361 g/mol. The second kappa shape index (κ2) is 8.06. The molecule has 2 heterocycles. The number of benzene rings is 2. The molecule has 4 rings (SSSR count). The van der Waals surface area contributed by atoms with Gasteiger partial charge in [-0.3, -0.25) is 0 Å². The highest BCUT2D eigenvalue weighted by molar-refractivity contribution is 5.98. The molecule has 0 spiro atoms. The molecule has 1 aliphatic heterocycles. The number of nitrogens with one attached hydrogen (secondary N) is 1. The highest BCUT2D eigenvalue weighted by Crippen LogP contribution is 2.37. The Balaban J connectivity index is 0.00000113. The van der Waals surface area contributed by atoms with Crippen molar-refractivity contribution in [1.29, 1.82) is 0 Å².